The second-order valence-corrected chi connectivity index (χ2v) is 8.79. The molecule has 2 heterocycles. The number of nitrogens with one attached hydrogen (secondary N) is 1. The first-order valence-corrected chi connectivity index (χ1v) is 11.6. The monoisotopic (exact) mass is 481 g/mol. The Hall–Kier alpha value is -3.45. The van der Waals surface area contributed by atoms with Gasteiger partial charge in [-0.2, -0.15) is 0 Å². The summed E-state index contributed by atoms with van der Waals surface area (Å²) in [6.07, 6.45) is 6.30. The Balaban J connectivity index is 1.73. The van der Waals surface area contributed by atoms with Gasteiger partial charge < -0.3 is 14.3 Å². The molecule has 0 saturated heterocycles. The van der Waals surface area contributed by atoms with E-state index in [0.29, 0.717) is 22.9 Å². The molecule has 1 fully saturated rings. The molecule has 1 aliphatic rings. The van der Waals surface area contributed by atoms with Gasteiger partial charge in [-0.3, -0.25) is 4.79 Å². The fourth-order valence-electron chi connectivity index (χ4n) is 4.49. The van der Waals surface area contributed by atoms with E-state index in [1.54, 1.807) is 36.4 Å². The number of hydrogen-bond acceptors (Lipinski definition) is 3. The summed E-state index contributed by atoms with van der Waals surface area (Å²) in [5, 5.41) is 3.22. The third kappa shape index (κ3) is 4.35. The molecule has 8 heteroatoms. The number of nitrogens with zero attached hydrogens (tertiary/aromatic N) is 2. The van der Waals surface area contributed by atoms with Crippen LogP contribution in [0.3, 0.4) is 0 Å². The van der Waals surface area contributed by atoms with Crippen LogP contribution >= 0.6 is 11.6 Å². The molecule has 5 rings (SSSR count). The molecule has 0 radical (unpaired) electrons. The van der Waals surface area contributed by atoms with Crippen molar-refractivity contribution in [2.75, 3.05) is 5.32 Å². The zero-order valence-corrected chi connectivity index (χ0v) is 19.0. The maximum absolute atomic E-state index is 15.1. The predicted octanol–water partition coefficient (Wildman–Crippen LogP) is 7.50. The van der Waals surface area contributed by atoms with Gasteiger partial charge in [-0.1, -0.05) is 30.9 Å². The Labute approximate surface area is 200 Å². The summed E-state index contributed by atoms with van der Waals surface area (Å²) in [6, 6.07) is 13.5. The Morgan fingerprint density at radius 2 is 1.82 bits per heavy atom. The van der Waals surface area contributed by atoms with E-state index in [1.165, 1.54) is 24.5 Å². The van der Waals surface area contributed by atoms with Gasteiger partial charge in [0, 0.05) is 16.6 Å². The number of carbonyl (C=O) groups excluding carboxylic acids is 1. The summed E-state index contributed by atoms with van der Waals surface area (Å²) >= 11 is 6.00. The van der Waals surface area contributed by atoms with Gasteiger partial charge in [-0.25, -0.2) is 13.8 Å². The standard InChI is InChI=1S/C26H22ClF2N3O2/c27-17-10-13-20(21(29)15-17)24-30-23(16-8-11-18(28)12-9-16)25(31-26(33)22-7-4-14-34-22)32(24)19-5-2-1-3-6-19/h4,7-15,19H,1-3,5-6H2,(H,31,33). The van der Waals surface area contributed by atoms with E-state index < -0.39 is 11.7 Å². The zero-order chi connectivity index (χ0) is 23.7. The highest BCUT2D eigenvalue weighted by atomic mass is 35.5. The summed E-state index contributed by atoms with van der Waals surface area (Å²) in [7, 11) is 0. The van der Waals surface area contributed by atoms with Crippen LogP contribution < -0.4 is 5.32 Å². The highest BCUT2D eigenvalue weighted by Gasteiger charge is 2.29. The Morgan fingerprint density at radius 3 is 2.50 bits per heavy atom. The van der Waals surface area contributed by atoms with Crippen LogP contribution in [0.25, 0.3) is 22.6 Å². The van der Waals surface area contributed by atoms with Crippen LogP contribution in [0, 0.1) is 11.6 Å². The molecule has 1 aliphatic carbocycles. The van der Waals surface area contributed by atoms with Crippen molar-refractivity contribution in [3.63, 3.8) is 0 Å². The molecule has 1 saturated carbocycles. The highest BCUT2D eigenvalue weighted by molar-refractivity contribution is 6.30. The Kier molecular flexibility index (Phi) is 6.20. The molecule has 1 amide bonds. The third-order valence-corrected chi connectivity index (χ3v) is 6.35. The maximum Gasteiger partial charge on any atom is 0.292 e. The molecular formula is C26H22ClF2N3O2. The number of amides is 1. The second-order valence-electron chi connectivity index (χ2n) is 8.36. The topological polar surface area (TPSA) is 60.1 Å². The molecule has 2 aromatic carbocycles. The molecule has 0 spiro atoms. The van der Waals surface area contributed by atoms with Crippen LogP contribution in [0.1, 0.15) is 48.7 Å². The molecule has 174 valence electrons. The summed E-state index contributed by atoms with van der Waals surface area (Å²) in [4.78, 5) is 17.8. The lowest BCUT2D eigenvalue weighted by molar-refractivity contribution is 0.0995. The lowest BCUT2D eigenvalue weighted by Crippen LogP contribution is -2.20. The van der Waals surface area contributed by atoms with Crippen LogP contribution in [0.4, 0.5) is 14.6 Å². The summed E-state index contributed by atoms with van der Waals surface area (Å²) in [5.41, 5.74) is 1.30. The Bertz CT molecular complexity index is 1310. The van der Waals surface area contributed by atoms with Crippen LogP contribution in [-0.4, -0.2) is 15.5 Å². The number of carbonyl (C=O) groups is 1. The highest BCUT2D eigenvalue weighted by Crippen LogP contribution is 2.41. The lowest BCUT2D eigenvalue weighted by atomic mass is 9.95. The summed E-state index contributed by atoms with van der Waals surface area (Å²) < 4.78 is 35.9. The summed E-state index contributed by atoms with van der Waals surface area (Å²) in [5.74, 6) is -0.404. The first kappa shape index (κ1) is 22.3. The normalized spacial score (nSPS) is 14.3. The zero-order valence-electron chi connectivity index (χ0n) is 18.2. The smallest absolute Gasteiger partial charge is 0.292 e. The molecule has 4 aromatic rings. The summed E-state index contributed by atoms with van der Waals surface area (Å²) in [6.45, 7) is 0. The molecular weight excluding hydrogens is 460 g/mol. The van der Waals surface area contributed by atoms with Gasteiger partial charge in [0.15, 0.2) is 5.76 Å². The predicted molar refractivity (Wildman–Crippen MR) is 127 cm³/mol. The molecule has 0 bridgehead atoms. The van der Waals surface area contributed by atoms with Gasteiger partial charge in [0.05, 0.1) is 11.8 Å². The van der Waals surface area contributed by atoms with Gasteiger partial charge in [0.25, 0.3) is 5.91 Å². The number of aromatic nitrogens is 2. The fraction of sp³-hybridized carbons (Fsp3) is 0.231. The average Bonchev–Trinajstić information content (AvgIpc) is 3.49. The molecule has 2 aromatic heterocycles. The number of imidazole rings is 1. The van der Waals surface area contributed by atoms with Crippen molar-refractivity contribution >= 4 is 23.3 Å². The van der Waals surface area contributed by atoms with Crippen molar-refractivity contribution in [3.05, 3.63) is 83.3 Å². The number of hydrogen-bond donors (Lipinski definition) is 1. The fourth-order valence-corrected chi connectivity index (χ4v) is 4.65. The van der Waals surface area contributed by atoms with Crippen LogP contribution in [0.5, 0.6) is 0 Å². The molecule has 0 aliphatic heterocycles. The number of anilines is 1. The van der Waals surface area contributed by atoms with Crippen molar-refractivity contribution in [2.24, 2.45) is 0 Å². The molecule has 0 unspecified atom stereocenters. The first-order chi connectivity index (χ1) is 16.5. The largest absolute Gasteiger partial charge is 0.459 e. The minimum atomic E-state index is -0.510. The van der Waals surface area contributed by atoms with Crippen molar-refractivity contribution in [1.29, 1.82) is 0 Å². The minimum Gasteiger partial charge on any atom is -0.459 e. The molecule has 0 atom stereocenters. The van der Waals surface area contributed by atoms with Crippen molar-refractivity contribution in [1.82, 2.24) is 9.55 Å². The van der Waals surface area contributed by atoms with Gasteiger partial charge in [0.1, 0.15) is 29.0 Å². The van der Waals surface area contributed by atoms with E-state index in [0.717, 1.165) is 32.1 Å². The number of halogens is 3. The van der Waals surface area contributed by atoms with E-state index >= 15 is 4.39 Å². The maximum atomic E-state index is 15.1. The van der Waals surface area contributed by atoms with Crippen LogP contribution in [0.2, 0.25) is 5.02 Å². The number of rotatable bonds is 5. The van der Waals surface area contributed by atoms with Gasteiger partial charge >= 0.3 is 0 Å². The number of furan rings is 1. The van der Waals surface area contributed by atoms with Crippen LogP contribution in [0.15, 0.2) is 65.3 Å². The first-order valence-electron chi connectivity index (χ1n) is 11.2. The second kappa shape index (κ2) is 9.43. The van der Waals surface area contributed by atoms with Gasteiger partial charge in [0.2, 0.25) is 0 Å². The van der Waals surface area contributed by atoms with E-state index in [-0.39, 0.29) is 28.2 Å². The SMILES string of the molecule is O=C(Nc1c(-c2ccc(F)cc2)nc(-c2ccc(Cl)cc2F)n1C1CCCCC1)c1ccco1. The van der Waals surface area contributed by atoms with Crippen LogP contribution in [-0.2, 0) is 0 Å². The van der Waals surface area contributed by atoms with E-state index in [2.05, 4.69) is 5.32 Å². The quantitative estimate of drug-likeness (QED) is 0.321. The average molecular weight is 482 g/mol. The van der Waals surface area contributed by atoms with E-state index in [1.807, 2.05) is 4.57 Å². The third-order valence-electron chi connectivity index (χ3n) is 6.12. The molecule has 1 N–H and O–H groups in total. The molecule has 34 heavy (non-hydrogen) atoms. The van der Waals surface area contributed by atoms with Crippen molar-refractivity contribution < 1.29 is 18.0 Å². The van der Waals surface area contributed by atoms with E-state index in [4.69, 9.17) is 21.0 Å². The minimum absolute atomic E-state index is 0.00688. The van der Waals surface area contributed by atoms with Gasteiger partial charge in [-0.05, 0) is 67.4 Å². The number of benzene rings is 2. The van der Waals surface area contributed by atoms with Crippen molar-refractivity contribution in [3.8, 4) is 22.6 Å². The van der Waals surface area contributed by atoms with Gasteiger partial charge in [-0.15, -0.1) is 0 Å². The Morgan fingerprint density at radius 1 is 1.06 bits per heavy atom. The van der Waals surface area contributed by atoms with E-state index in [9.17, 15) is 9.18 Å². The molecule has 5 nitrogen and oxygen atoms in total. The van der Waals surface area contributed by atoms with Crippen molar-refractivity contribution in [2.45, 2.75) is 38.1 Å². The lowest BCUT2D eigenvalue weighted by Gasteiger charge is -2.27.